The van der Waals surface area contributed by atoms with Crippen LogP contribution in [0.5, 0.6) is 0 Å². The van der Waals surface area contributed by atoms with Gasteiger partial charge in [0, 0.05) is 41.0 Å². The van der Waals surface area contributed by atoms with Gasteiger partial charge in [-0.3, -0.25) is 8.78 Å². The minimum Gasteiger partial charge on any atom is -0.251 e. The molecule has 0 N–H and O–H groups in total. The van der Waals surface area contributed by atoms with Crippen LogP contribution in [0.25, 0.3) is 0 Å². The van der Waals surface area contributed by atoms with Gasteiger partial charge in [-0.25, -0.2) is 0 Å². The Bertz CT molecular complexity index is 67.0. The van der Waals surface area contributed by atoms with Gasteiger partial charge >= 0.3 is 0 Å². The third-order valence-electron chi connectivity index (χ3n) is 1.41. The van der Waals surface area contributed by atoms with Crippen molar-refractivity contribution in [2.45, 2.75) is 9.83 Å². The second-order valence-corrected chi connectivity index (χ2v) is 14.5. The summed E-state index contributed by atoms with van der Waals surface area (Å²) in [6, 6.07) is 0. The Balaban J connectivity index is 4.02. The Morgan fingerprint density at radius 3 is 0.875 bits per heavy atom. The molecule has 0 atom stereocenters. The predicted octanol–water partition coefficient (Wildman–Crippen LogP) is -4.31. The third kappa shape index (κ3) is 2.33. The van der Waals surface area contributed by atoms with Crippen LogP contribution in [0.15, 0.2) is 0 Å². The Morgan fingerprint density at radius 2 is 0.875 bits per heavy atom. The van der Waals surface area contributed by atoms with Gasteiger partial charge in [-0.2, -0.15) is 0 Å². The van der Waals surface area contributed by atoms with Crippen molar-refractivity contribution in [1.82, 2.24) is 0 Å². The van der Waals surface area contributed by atoms with E-state index >= 15 is 0 Å². The molecule has 0 spiro atoms. The number of rotatable bonds is 1. The van der Waals surface area contributed by atoms with Gasteiger partial charge in [-0.1, -0.05) is 0 Å². The molecule has 0 rings (SSSR count). The molecule has 0 saturated heterocycles. The molecule has 0 nitrogen and oxygen atoms in total. The highest BCUT2D eigenvalue weighted by atomic mass is 28.2. The summed E-state index contributed by atoms with van der Waals surface area (Å²) < 4.78 is 25.4. The normalized spacial score (nSPS) is 27.8. The largest absolute Gasteiger partial charge is 0.251 e. The quantitative estimate of drug-likeness (QED) is 0.364. The SMILES string of the molecule is FC([SiH3])([SiH3])C(F)([SiH3])[SiH3]. The smallest absolute Gasteiger partial charge is 0.0951 e. The van der Waals surface area contributed by atoms with E-state index in [0.29, 0.717) is 41.0 Å². The van der Waals surface area contributed by atoms with Crippen LogP contribution in [-0.4, -0.2) is 50.8 Å². The van der Waals surface area contributed by atoms with E-state index < -0.39 is 9.83 Å². The van der Waals surface area contributed by atoms with Crippen molar-refractivity contribution in [3.63, 3.8) is 0 Å². The number of hydrogen-bond donors (Lipinski definition) is 0. The highest BCUT2D eigenvalue weighted by Crippen LogP contribution is 2.16. The Labute approximate surface area is 60.1 Å². The summed E-state index contributed by atoms with van der Waals surface area (Å²) in [5.41, 5.74) is 0. The van der Waals surface area contributed by atoms with Gasteiger partial charge in [0.15, 0.2) is 0 Å². The van der Waals surface area contributed by atoms with Gasteiger partial charge in [-0.05, 0) is 0 Å². The average Bonchev–Trinajstić information content (AvgIpc) is 1.25. The summed E-state index contributed by atoms with van der Waals surface area (Å²) >= 11 is 0. The third-order valence-corrected chi connectivity index (χ3v) is 10.2. The van der Waals surface area contributed by atoms with Crippen LogP contribution in [0, 0.1) is 0 Å². The molecule has 0 heterocycles. The molecule has 0 saturated carbocycles. The maximum absolute atomic E-state index is 12.7. The first kappa shape index (κ1) is 8.73. The van der Waals surface area contributed by atoms with Gasteiger partial charge in [0.05, 0.1) is 9.83 Å². The molecule has 0 fully saturated rings. The van der Waals surface area contributed by atoms with Crippen molar-refractivity contribution in [1.29, 1.82) is 0 Å². The van der Waals surface area contributed by atoms with Gasteiger partial charge in [-0.15, -0.1) is 0 Å². The second-order valence-electron chi connectivity index (χ2n) is 2.94. The van der Waals surface area contributed by atoms with E-state index in [1.54, 1.807) is 0 Å². The second kappa shape index (κ2) is 2.16. The zero-order chi connectivity index (χ0) is 7.00. The van der Waals surface area contributed by atoms with Gasteiger partial charge in [0.25, 0.3) is 0 Å². The van der Waals surface area contributed by atoms with E-state index in [4.69, 9.17) is 0 Å². The molecular formula is C2H12F2Si4. The van der Waals surface area contributed by atoms with Gasteiger partial charge < -0.3 is 0 Å². The summed E-state index contributed by atoms with van der Waals surface area (Å²) in [7, 11) is 1.51. The van der Waals surface area contributed by atoms with E-state index in [1.165, 1.54) is 0 Å². The molecule has 6 heteroatoms. The molecule has 50 valence electrons. The monoisotopic (exact) mass is 186 g/mol. The van der Waals surface area contributed by atoms with Crippen molar-refractivity contribution in [3.8, 4) is 0 Å². The summed E-state index contributed by atoms with van der Waals surface area (Å²) in [6.45, 7) is 0. The van der Waals surface area contributed by atoms with Gasteiger partial charge in [0.1, 0.15) is 0 Å². The van der Waals surface area contributed by atoms with E-state index in [2.05, 4.69) is 0 Å². The summed E-state index contributed by atoms with van der Waals surface area (Å²) in [4.78, 5) is -2.66. The topological polar surface area (TPSA) is 0 Å². The zero-order valence-corrected chi connectivity index (χ0v) is 13.8. The molecule has 0 aromatic carbocycles. The fourth-order valence-corrected chi connectivity index (χ4v) is 0. The van der Waals surface area contributed by atoms with Crippen LogP contribution in [0.2, 0.25) is 0 Å². The van der Waals surface area contributed by atoms with Crippen LogP contribution in [-0.2, 0) is 0 Å². The molecule has 0 bridgehead atoms. The van der Waals surface area contributed by atoms with Crippen LogP contribution in [0.1, 0.15) is 0 Å². The van der Waals surface area contributed by atoms with Crippen LogP contribution in [0.3, 0.4) is 0 Å². The number of alkyl halides is 2. The van der Waals surface area contributed by atoms with Gasteiger partial charge in [0.2, 0.25) is 0 Å². The molecule has 0 amide bonds. The molecule has 0 aliphatic heterocycles. The van der Waals surface area contributed by atoms with Crippen LogP contribution >= 0.6 is 0 Å². The maximum atomic E-state index is 12.7. The van der Waals surface area contributed by atoms with E-state index in [0.717, 1.165) is 0 Å². The Morgan fingerprint density at radius 1 is 0.750 bits per heavy atom. The van der Waals surface area contributed by atoms with Crippen molar-refractivity contribution < 1.29 is 8.78 Å². The maximum Gasteiger partial charge on any atom is 0.0951 e. The number of hydrogen-bond acceptors (Lipinski definition) is 0. The molecule has 0 radical (unpaired) electrons. The minimum absolute atomic E-state index is 0.377. The van der Waals surface area contributed by atoms with Crippen molar-refractivity contribution in [2.75, 3.05) is 0 Å². The van der Waals surface area contributed by atoms with Crippen LogP contribution < -0.4 is 0 Å². The molecule has 0 aromatic heterocycles. The summed E-state index contributed by atoms with van der Waals surface area (Å²) in [5.74, 6) is 0. The summed E-state index contributed by atoms with van der Waals surface area (Å²) in [5, 5.41) is 0. The fraction of sp³-hybridized carbons (Fsp3) is 1.00. The van der Waals surface area contributed by atoms with Crippen molar-refractivity contribution in [3.05, 3.63) is 0 Å². The lowest BCUT2D eigenvalue weighted by atomic mass is 10.8. The molecule has 0 unspecified atom stereocenters. The standard InChI is InChI=1S/C2H12F2Si4/c3-1(5,6)2(4,7)8/h5-8H3. The fourth-order valence-electron chi connectivity index (χ4n) is 0. The lowest BCUT2D eigenvalue weighted by Crippen LogP contribution is -2.49. The first-order valence-corrected chi connectivity index (χ1v) is 6.63. The number of halogens is 2. The molecule has 0 aliphatic rings. The highest BCUT2D eigenvalue weighted by molar-refractivity contribution is 6.53. The predicted molar refractivity (Wildman–Crippen MR) is 47.4 cm³/mol. The zero-order valence-electron chi connectivity index (χ0n) is 5.76. The van der Waals surface area contributed by atoms with Crippen LogP contribution in [0.4, 0.5) is 8.78 Å². The first-order valence-electron chi connectivity index (χ1n) is 2.63. The lowest BCUT2D eigenvalue weighted by molar-refractivity contribution is 0.231. The average molecular weight is 186 g/mol. The minimum atomic E-state index is -1.33. The molecule has 0 aromatic rings. The molecular weight excluding hydrogens is 174 g/mol. The lowest BCUT2D eigenvalue weighted by Gasteiger charge is -2.26. The van der Waals surface area contributed by atoms with Crippen molar-refractivity contribution >= 4 is 41.0 Å². The Kier molecular flexibility index (Phi) is 2.36. The van der Waals surface area contributed by atoms with E-state index in [9.17, 15) is 8.78 Å². The summed E-state index contributed by atoms with van der Waals surface area (Å²) in [6.07, 6.45) is 0. The molecule has 8 heavy (non-hydrogen) atoms. The molecule has 0 aliphatic carbocycles. The Hall–Kier alpha value is 0.728. The van der Waals surface area contributed by atoms with E-state index in [-0.39, 0.29) is 0 Å². The van der Waals surface area contributed by atoms with Crippen molar-refractivity contribution in [2.24, 2.45) is 0 Å². The highest BCUT2D eigenvalue weighted by Gasteiger charge is 2.35. The first-order chi connectivity index (χ1) is 3.25. The van der Waals surface area contributed by atoms with E-state index in [1.807, 2.05) is 0 Å².